The highest BCUT2D eigenvalue weighted by Gasteiger charge is 2.05. The first kappa shape index (κ1) is 20.2. The van der Waals surface area contributed by atoms with Gasteiger partial charge in [0.2, 0.25) is 5.88 Å². The molecule has 0 spiro atoms. The normalized spacial score (nSPS) is 10.5. The van der Waals surface area contributed by atoms with Gasteiger partial charge >= 0.3 is 0 Å². The van der Waals surface area contributed by atoms with Crippen molar-refractivity contribution in [3.8, 4) is 23.1 Å². The number of amides is 1. The second kappa shape index (κ2) is 9.63. The Kier molecular flexibility index (Phi) is 6.28. The maximum Gasteiger partial charge on any atom is 0.258 e. The fraction of sp³-hybridized carbons (Fsp3) is 0.120. The molecule has 6 nitrogen and oxygen atoms in total. The molecule has 4 rings (SSSR count). The fourth-order valence-corrected chi connectivity index (χ4v) is 3.04. The van der Waals surface area contributed by atoms with E-state index in [1.54, 1.807) is 43.6 Å². The van der Waals surface area contributed by atoms with E-state index in [1.807, 2.05) is 42.5 Å². The standard InChI is InChI=1S/C25H22N2O4/c1-29-23-8-7-19-14-18(5-6-20(19)15-23)16-27-24(28)17-30-21-9-11-22(12-10-21)31-25-4-2-3-13-26-25/h2-15H,16-17H2,1H3,(H,27,28). The molecular weight excluding hydrogens is 392 g/mol. The molecule has 0 radical (unpaired) electrons. The molecule has 1 amide bonds. The molecule has 31 heavy (non-hydrogen) atoms. The fourth-order valence-electron chi connectivity index (χ4n) is 3.04. The van der Waals surface area contributed by atoms with Crippen molar-refractivity contribution >= 4 is 16.7 Å². The summed E-state index contributed by atoms with van der Waals surface area (Å²) in [6, 6.07) is 24.5. The molecule has 3 aromatic carbocycles. The zero-order valence-electron chi connectivity index (χ0n) is 17.1. The van der Waals surface area contributed by atoms with Crippen LogP contribution in [0.4, 0.5) is 0 Å². The molecular formula is C25H22N2O4. The summed E-state index contributed by atoms with van der Waals surface area (Å²) in [5.74, 6) is 2.38. The Labute approximate surface area is 180 Å². The van der Waals surface area contributed by atoms with Crippen LogP contribution in [0.5, 0.6) is 23.1 Å². The molecule has 0 aliphatic rings. The first-order valence-corrected chi connectivity index (χ1v) is 9.85. The Morgan fingerprint density at radius 3 is 2.39 bits per heavy atom. The monoisotopic (exact) mass is 414 g/mol. The molecule has 6 heteroatoms. The molecule has 156 valence electrons. The number of hydrogen-bond donors (Lipinski definition) is 1. The van der Waals surface area contributed by atoms with Crippen LogP contribution in [-0.2, 0) is 11.3 Å². The molecule has 0 bridgehead atoms. The van der Waals surface area contributed by atoms with Gasteiger partial charge in [0.1, 0.15) is 17.2 Å². The van der Waals surface area contributed by atoms with E-state index in [-0.39, 0.29) is 12.5 Å². The van der Waals surface area contributed by atoms with Crippen molar-refractivity contribution in [2.24, 2.45) is 0 Å². The highest BCUT2D eigenvalue weighted by molar-refractivity contribution is 5.84. The summed E-state index contributed by atoms with van der Waals surface area (Å²) >= 11 is 0. The van der Waals surface area contributed by atoms with Gasteiger partial charge in [-0.2, -0.15) is 0 Å². The van der Waals surface area contributed by atoms with Gasteiger partial charge in [0.15, 0.2) is 6.61 Å². The van der Waals surface area contributed by atoms with Crippen LogP contribution in [0, 0.1) is 0 Å². The van der Waals surface area contributed by atoms with Gasteiger partial charge in [0.05, 0.1) is 7.11 Å². The number of nitrogens with one attached hydrogen (secondary N) is 1. The average molecular weight is 414 g/mol. The summed E-state index contributed by atoms with van der Waals surface area (Å²) in [5, 5.41) is 5.06. The Morgan fingerprint density at radius 2 is 1.61 bits per heavy atom. The number of fused-ring (bicyclic) bond motifs is 1. The van der Waals surface area contributed by atoms with Gasteiger partial charge in [-0.3, -0.25) is 4.79 Å². The topological polar surface area (TPSA) is 69.7 Å². The van der Waals surface area contributed by atoms with E-state index in [4.69, 9.17) is 14.2 Å². The van der Waals surface area contributed by atoms with Crippen LogP contribution in [0.15, 0.2) is 85.1 Å². The molecule has 1 heterocycles. The van der Waals surface area contributed by atoms with E-state index in [0.29, 0.717) is 23.9 Å². The lowest BCUT2D eigenvalue weighted by Crippen LogP contribution is -2.28. The van der Waals surface area contributed by atoms with E-state index in [9.17, 15) is 4.79 Å². The minimum absolute atomic E-state index is 0.0643. The SMILES string of the molecule is COc1ccc2cc(CNC(=O)COc3ccc(Oc4ccccn4)cc3)ccc2c1. The van der Waals surface area contributed by atoms with E-state index in [2.05, 4.69) is 16.4 Å². The van der Waals surface area contributed by atoms with Crippen LogP contribution in [0.1, 0.15) is 5.56 Å². The second-order valence-electron chi connectivity index (χ2n) is 6.85. The van der Waals surface area contributed by atoms with Crippen molar-refractivity contribution in [3.63, 3.8) is 0 Å². The summed E-state index contributed by atoms with van der Waals surface area (Å²) in [6.45, 7) is 0.367. The first-order valence-electron chi connectivity index (χ1n) is 9.85. The molecule has 0 fully saturated rings. The number of carbonyl (C=O) groups is 1. The van der Waals surface area contributed by atoms with E-state index in [1.165, 1.54) is 0 Å². The minimum atomic E-state index is -0.191. The molecule has 1 N–H and O–H groups in total. The van der Waals surface area contributed by atoms with E-state index in [0.717, 1.165) is 22.1 Å². The lowest BCUT2D eigenvalue weighted by molar-refractivity contribution is -0.123. The van der Waals surface area contributed by atoms with Crippen LogP contribution in [-0.4, -0.2) is 24.6 Å². The molecule has 1 aromatic heterocycles. The lowest BCUT2D eigenvalue weighted by atomic mass is 10.1. The van der Waals surface area contributed by atoms with Crippen LogP contribution >= 0.6 is 0 Å². The minimum Gasteiger partial charge on any atom is -0.497 e. The number of benzene rings is 3. The van der Waals surface area contributed by atoms with Gasteiger partial charge in [-0.1, -0.05) is 24.3 Å². The summed E-state index contributed by atoms with van der Waals surface area (Å²) < 4.78 is 16.4. The van der Waals surface area contributed by atoms with Crippen LogP contribution in [0.25, 0.3) is 10.8 Å². The summed E-state index contributed by atoms with van der Waals surface area (Å²) in [4.78, 5) is 16.3. The Hall–Kier alpha value is -4.06. The van der Waals surface area contributed by atoms with Gasteiger partial charge in [-0.25, -0.2) is 4.98 Å². The summed E-state index contributed by atoms with van der Waals surface area (Å²) in [5.41, 5.74) is 1.02. The molecule has 0 aliphatic heterocycles. The van der Waals surface area contributed by atoms with Gasteiger partial charge in [0.25, 0.3) is 5.91 Å². The number of methoxy groups -OCH3 is 1. The number of carbonyl (C=O) groups excluding carboxylic acids is 1. The van der Waals surface area contributed by atoms with E-state index < -0.39 is 0 Å². The van der Waals surface area contributed by atoms with Crippen molar-refractivity contribution < 1.29 is 19.0 Å². The molecule has 0 saturated heterocycles. The van der Waals surface area contributed by atoms with Crippen LogP contribution in [0.3, 0.4) is 0 Å². The second-order valence-corrected chi connectivity index (χ2v) is 6.85. The number of pyridine rings is 1. The van der Waals surface area contributed by atoms with Crippen LogP contribution in [0.2, 0.25) is 0 Å². The Morgan fingerprint density at radius 1 is 0.871 bits per heavy atom. The number of rotatable bonds is 8. The Bertz CT molecular complexity index is 1160. The summed E-state index contributed by atoms with van der Waals surface area (Å²) in [6.07, 6.45) is 1.67. The third-order valence-corrected chi connectivity index (χ3v) is 4.66. The number of aromatic nitrogens is 1. The number of hydrogen-bond acceptors (Lipinski definition) is 5. The molecule has 0 unspecified atom stereocenters. The third kappa shape index (κ3) is 5.51. The van der Waals surface area contributed by atoms with Gasteiger partial charge in [-0.05, 0) is 64.9 Å². The van der Waals surface area contributed by atoms with Crippen molar-refractivity contribution in [1.29, 1.82) is 0 Å². The zero-order valence-corrected chi connectivity index (χ0v) is 17.1. The maximum atomic E-state index is 12.2. The maximum absolute atomic E-state index is 12.2. The molecule has 0 atom stereocenters. The van der Waals surface area contributed by atoms with Crippen molar-refractivity contribution in [2.45, 2.75) is 6.54 Å². The van der Waals surface area contributed by atoms with Crippen molar-refractivity contribution in [2.75, 3.05) is 13.7 Å². The molecule has 0 aliphatic carbocycles. The zero-order chi connectivity index (χ0) is 21.5. The predicted molar refractivity (Wildman–Crippen MR) is 119 cm³/mol. The van der Waals surface area contributed by atoms with E-state index >= 15 is 0 Å². The quantitative estimate of drug-likeness (QED) is 0.451. The van der Waals surface area contributed by atoms with Crippen LogP contribution < -0.4 is 19.5 Å². The highest BCUT2D eigenvalue weighted by atomic mass is 16.5. The molecule has 4 aromatic rings. The number of ether oxygens (including phenoxy) is 3. The van der Waals surface area contributed by atoms with Crippen molar-refractivity contribution in [3.05, 3.63) is 90.6 Å². The third-order valence-electron chi connectivity index (χ3n) is 4.66. The first-order chi connectivity index (χ1) is 15.2. The number of nitrogens with zero attached hydrogens (tertiary/aromatic N) is 1. The summed E-state index contributed by atoms with van der Waals surface area (Å²) in [7, 11) is 1.65. The average Bonchev–Trinajstić information content (AvgIpc) is 2.82. The lowest BCUT2D eigenvalue weighted by Gasteiger charge is -2.09. The predicted octanol–water partition coefficient (Wildman–Crippen LogP) is 4.73. The molecule has 0 saturated carbocycles. The highest BCUT2D eigenvalue weighted by Crippen LogP contribution is 2.23. The Balaban J connectivity index is 1.26. The van der Waals surface area contributed by atoms with Gasteiger partial charge in [0, 0.05) is 18.8 Å². The van der Waals surface area contributed by atoms with Gasteiger partial charge < -0.3 is 19.5 Å². The smallest absolute Gasteiger partial charge is 0.258 e. The largest absolute Gasteiger partial charge is 0.497 e. The van der Waals surface area contributed by atoms with Crippen molar-refractivity contribution in [1.82, 2.24) is 10.3 Å². The van der Waals surface area contributed by atoms with Gasteiger partial charge in [-0.15, -0.1) is 0 Å².